The van der Waals surface area contributed by atoms with Gasteiger partial charge in [-0.25, -0.2) is 0 Å². The highest BCUT2D eigenvalue weighted by molar-refractivity contribution is 5.89. The zero-order valence-electron chi connectivity index (χ0n) is 8.89. The highest BCUT2D eigenvalue weighted by Crippen LogP contribution is 2.37. The molecule has 2 heterocycles. The summed E-state index contributed by atoms with van der Waals surface area (Å²) in [5, 5.41) is 8.96. The Morgan fingerprint density at radius 2 is 2.00 bits per heavy atom. The Morgan fingerprint density at radius 3 is 2.56 bits per heavy atom. The molecule has 1 aromatic rings. The van der Waals surface area contributed by atoms with E-state index in [1.54, 1.807) is 0 Å². The number of hydrogen-bond donors (Lipinski definition) is 1. The third kappa shape index (κ3) is 1.36. The lowest BCUT2D eigenvalue weighted by molar-refractivity contribution is -0.140. The Labute approximate surface area is 94.0 Å². The van der Waals surface area contributed by atoms with E-state index in [1.807, 2.05) is 35.4 Å². The summed E-state index contributed by atoms with van der Waals surface area (Å²) in [5.74, 6) is 0.229. The van der Waals surface area contributed by atoms with Gasteiger partial charge in [0.1, 0.15) is 0 Å². The molecule has 0 radical (unpaired) electrons. The number of rotatable bonds is 2. The van der Waals surface area contributed by atoms with Crippen LogP contribution in [0.3, 0.4) is 0 Å². The maximum Gasteiger partial charge on any atom is 0.228 e. The molecule has 1 fully saturated rings. The third-order valence-electron chi connectivity index (χ3n) is 3.35. The van der Waals surface area contributed by atoms with Crippen LogP contribution >= 0.6 is 0 Å². The van der Waals surface area contributed by atoms with Gasteiger partial charge in [-0.3, -0.25) is 4.79 Å². The largest absolute Gasteiger partial charge is 0.392 e. The van der Waals surface area contributed by atoms with Crippen molar-refractivity contribution in [2.24, 2.45) is 0 Å². The lowest BCUT2D eigenvalue weighted by Gasteiger charge is -2.32. The van der Waals surface area contributed by atoms with Crippen LogP contribution in [0.4, 0.5) is 0 Å². The number of amides is 1. The first-order valence-electron chi connectivity index (χ1n) is 5.50. The molecule has 1 saturated heterocycles. The van der Waals surface area contributed by atoms with Gasteiger partial charge in [-0.2, -0.15) is 0 Å². The van der Waals surface area contributed by atoms with Gasteiger partial charge in [0.05, 0.1) is 6.61 Å². The van der Waals surface area contributed by atoms with Crippen molar-refractivity contribution in [1.82, 2.24) is 4.90 Å². The second kappa shape index (κ2) is 3.46. The van der Waals surface area contributed by atoms with Crippen molar-refractivity contribution < 1.29 is 9.90 Å². The normalized spacial score (nSPS) is 22.8. The van der Waals surface area contributed by atoms with Crippen molar-refractivity contribution >= 4 is 11.5 Å². The van der Waals surface area contributed by atoms with Gasteiger partial charge in [0.25, 0.3) is 0 Å². The Morgan fingerprint density at radius 1 is 1.25 bits per heavy atom. The molecule has 1 amide bonds. The zero-order chi connectivity index (χ0) is 11.1. The zero-order valence-corrected chi connectivity index (χ0v) is 8.89. The molecule has 0 spiro atoms. The van der Waals surface area contributed by atoms with Crippen molar-refractivity contribution in [3.63, 3.8) is 0 Å². The second-order valence-corrected chi connectivity index (χ2v) is 4.37. The van der Waals surface area contributed by atoms with E-state index in [1.165, 1.54) is 5.57 Å². The standard InChI is InChI=1S/C13H13NO2/c15-8-9-1-3-10(4-2-9)11-5-12-6-13(16)14(12)7-11/h1-4,7,12,15H,5-6,8H2/t12-/m1/s1. The highest BCUT2D eigenvalue weighted by atomic mass is 16.3. The van der Waals surface area contributed by atoms with Gasteiger partial charge in [0.2, 0.25) is 5.91 Å². The van der Waals surface area contributed by atoms with Crippen molar-refractivity contribution in [3.05, 3.63) is 41.6 Å². The van der Waals surface area contributed by atoms with E-state index in [0.717, 1.165) is 17.5 Å². The van der Waals surface area contributed by atoms with E-state index in [4.69, 9.17) is 5.11 Å². The molecule has 3 nitrogen and oxygen atoms in total. The summed E-state index contributed by atoms with van der Waals surface area (Å²) in [6.45, 7) is 0.0760. The fourth-order valence-electron chi connectivity index (χ4n) is 2.34. The van der Waals surface area contributed by atoms with Gasteiger partial charge in [-0.05, 0) is 23.1 Å². The molecule has 2 aliphatic rings. The molecule has 2 aliphatic heterocycles. The maximum atomic E-state index is 11.2. The monoisotopic (exact) mass is 215 g/mol. The summed E-state index contributed by atoms with van der Waals surface area (Å²) in [5.41, 5.74) is 3.29. The summed E-state index contributed by atoms with van der Waals surface area (Å²) < 4.78 is 0. The Hall–Kier alpha value is -1.61. The molecule has 0 bridgehead atoms. The molecule has 1 N–H and O–H groups in total. The van der Waals surface area contributed by atoms with Crippen LogP contribution in [0, 0.1) is 0 Å². The van der Waals surface area contributed by atoms with Crippen LogP contribution in [-0.2, 0) is 11.4 Å². The summed E-state index contributed by atoms with van der Waals surface area (Å²) in [7, 11) is 0. The molecule has 1 atom stereocenters. The van der Waals surface area contributed by atoms with Crippen LogP contribution in [0.15, 0.2) is 30.5 Å². The molecule has 0 aromatic heterocycles. The van der Waals surface area contributed by atoms with Gasteiger partial charge in [-0.15, -0.1) is 0 Å². The van der Waals surface area contributed by atoms with Crippen LogP contribution < -0.4 is 0 Å². The Kier molecular flexibility index (Phi) is 2.07. The van der Waals surface area contributed by atoms with Gasteiger partial charge in [-0.1, -0.05) is 24.3 Å². The molecule has 82 valence electrons. The molecule has 3 rings (SSSR count). The molecular weight excluding hydrogens is 202 g/mol. The first-order chi connectivity index (χ1) is 7.78. The van der Waals surface area contributed by atoms with Crippen LogP contribution in [0.5, 0.6) is 0 Å². The van der Waals surface area contributed by atoms with Gasteiger partial charge in [0.15, 0.2) is 0 Å². The van der Waals surface area contributed by atoms with Crippen LogP contribution in [0.2, 0.25) is 0 Å². The average Bonchev–Trinajstić information content (AvgIpc) is 2.67. The quantitative estimate of drug-likeness (QED) is 0.760. The number of carbonyl (C=O) groups is 1. The number of carbonyl (C=O) groups excluding carboxylic acids is 1. The lowest BCUT2D eigenvalue weighted by atomic mass is 9.97. The Balaban J connectivity index is 1.85. The minimum absolute atomic E-state index is 0.0760. The minimum Gasteiger partial charge on any atom is -0.392 e. The van der Waals surface area contributed by atoms with Crippen molar-refractivity contribution in [2.45, 2.75) is 25.5 Å². The molecule has 0 unspecified atom stereocenters. The van der Waals surface area contributed by atoms with Crippen LogP contribution in [0.1, 0.15) is 24.0 Å². The average molecular weight is 215 g/mol. The van der Waals surface area contributed by atoms with Crippen molar-refractivity contribution in [2.75, 3.05) is 0 Å². The molecule has 0 saturated carbocycles. The number of aliphatic hydroxyl groups is 1. The molecule has 0 aliphatic carbocycles. The fraction of sp³-hybridized carbons (Fsp3) is 0.308. The van der Waals surface area contributed by atoms with Crippen molar-refractivity contribution in [3.8, 4) is 0 Å². The predicted molar refractivity (Wildman–Crippen MR) is 60.2 cm³/mol. The smallest absolute Gasteiger partial charge is 0.228 e. The molecule has 3 heteroatoms. The SMILES string of the molecule is O=C1C[C@H]2CC(c3ccc(CO)cc3)=CN12. The van der Waals surface area contributed by atoms with E-state index in [2.05, 4.69) is 0 Å². The summed E-state index contributed by atoms with van der Waals surface area (Å²) in [6.07, 6.45) is 3.61. The van der Waals surface area contributed by atoms with E-state index < -0.39 is 0 Å². The van der Waals surface area contributed by atoms with Gasteiger partial charge < -0.3 is 10.0 Å². The second-order valence-electron chi connectivity index (χ2n) is 4.37. The van der Waals surface area contributed by atoms with Crippen LogP contribution in [0.25, 0.3) is 5.57 Å². The Bertz CT molecular complexity index is 461. The van der Waals surface area contributed by atoms with Crippen LogP contribution in [-0.4, -0.2) is 22.0 Å². The third-order valence-corrected chi connectivity index (χ3v) is 3.35. The van der Waals surface area contributed by atoms with Crippen molar-refractivity contribution in [1.29, 1.82) is 0 Å². The first-order valence-corrected chi connectivity index (χ1v) is 5.50. The number of fused-ring (bicyclic) bond motifs is 1. The number of benzene rings is 1. The molecular formula is C13H13NO2. The first kappa shape index (κ1) is 9.60. The van der Waals surface area contributed by atoms with E-state index in [9.17, 15) is 4.79 Å². The van der Waals surface area contributed by atoms with E-state index in [0.29, 0.717) is 12.5 Å². The predicted octanol–water partition coefficient (Wildman–Crippen LogP) is 1.52. The summed E-state index contributed by atoms with van der Waals surface area (Å²) in [6, 6.07) is 8.27. The topological polar surface area (TPSA) is 40.5 Å². The minimum atomic E-state index is 0.0760. The number of β-lactam (4-membered cyclic amide) rings is 1. The number of nitrogens with zero attached hydrogens (tertiary/aromatic N) is 1. The van der Waals surface area contributed by atoms with E-state index in [-0.39, 0.29) is 12.5 Å². The number of hydrogen-bond acceptors (Lipinski definition) is 2. The van der Waals surface area contributed by atoms with Gasteiger partial charge >= 0.3 is 0 Å². The molecule has 16 heavy (non-hydrogen) atoms. The highest BCUT2D eigenvalue weighted by Gasteiger charge is 2.39. The van der Waals surface area contributed by atoms with E-state index >= 15 is 0 Å². The van der Waals surface area contributed by atoms with Gasteiger partial charge in [0, 0.05) is 18.7 Å². The summed E-state index contributed by atoms with van der Waals surface area (Å²) >= 11 is 0. The lowest BCUT2D eigenvalue weighted by Crippen LogP contribution is -2.45. The molecule has 1 aromatic carbocycles. The maximum absolute atomic E-state index is 11.2. The summed E-state index contributed by atoms with van der Waals surface area (Å²) in [4.78, 5) is 13.1. The fourth-order valence-corrected chi connectivity index (χ4v) is 2.34. The number of aliphatic hydroxyl groups excluding tert-OH is 1.